The summed E-state index contributed by atoms with van der Waals surface area (Å²) in [4.78, 5) is 2.67. The molecule has 18 heavy (non-hydrogen) atoms. The van der Waals surface area contributed by atoms with Gasteiger partial charge in [0.05, 0.1) is 0 Å². The van der Waals surface area contributed by atoms with E-state index < -0.39 is 0 Å². The van der Waals surface area contributed by atoms with Gasteiger partial charge in [0.1, 0.15) is 0 Å². The van der Waals surface area contributed by atoms with Gasteiger partial charge in [-0.1, -0.05) is 69.8 Å². The van der Waals surface area contributed by atoms with Crippen molar-refractivity contribution in [3.63, 3.8) is 0 Å². The minimum absolute atomic E-state index is 0.493. The molecule has 0 saturated carbocycles. The normalized spacial score (nSPS) is 14.2. The number of alkyl halides is 1. The zero-order chi connectivity index (χ0) is 14.0. The van der Waals surface area contributed by atoms with Crippen LogP contribution in [0.5, 0.6) is 0 Å². The summed E-state index contributed by atoms with van der Waals surface area (Å²) < 4.78 is 0. The van der Waals surface area contributed by atoms with Crippen molar-refractivity contribution >= 4 is 15.9 Å². The van der Waals surface area contributed by atoms with Crippen molar-refractivity contribution in [3.05, 3.63) is 0 Å². The Morgan fingerprint density at radius 2 is 1.61 bits per heavy atom. The molecular formula is C16H34BrN. The second kappa shape index (κ2) is 10.3. The molecule has 0 aromatic carbocycles. The van der Waals surface area contributed by atoms with Gasteiger partial charge in [-0.25, -0.2) is 0 Å². The van der Waals surface area contributed by atoms with Crippen molar-refractivity contribution in [1.29, 1.82) is 0 Å². The second-order valence-corrected chi connectivity index (χ2v) is 6.54. The molecule has 0 aliphatic heterocycles. The van der Waals surface area contributed by atoms with E-state index in [2.05, 4.69) is 55.4 Å². The van der Waals surface area contributed by atoms with Crippen LogP contribution in [0.15, 0.2) is 0 Å². The van der Waals surface area contributed by atoms with Crippen LogP contribution in [0.3, 0.4) is 0 Å². The Morgan fingerprint density at radius 3 is 1.94 bits per heavy atom. The third-order valence-electron chi connectivity index (χ3n) is 4.12. The predicted molar refractivity (Wildman–Crippen MR) is 87.6 cm³/mol. The molecule has 0 radical (unpaired) electrons. The van der Waals surface area contributed by atoms with E-state index in [0.717, 1.165) is 11.2 Å². The number of rotatable bonds is 11. The van der Waals surface area contributed by atoms with Crippen LogP contribution < -0.4 is 0 Å². The highest BCUT2D eigenvalue weighted by atomic mass is 79.9. The largest absolute Gasteiger partial charge is 0.303 e. The monoisotopic (exact) mass is 319 g/mol. The Morgan fingerprint density at radius 1 is 1.06 bits per heavy atom. The minimum atomic E-state index is 0.493. The molecule has 0 rings (SSSR count). The van der Waals surface area contributed by atoms with Gasteiger partial charge in [-0.05, 0) is 30.7 Å². The van der Waals surface area contributed by atoms with Crippen molar-refractivity contribution in [2.24, 2.45) is 11.3 Å². The summed E-state index contributed by atoms with van der Waals surface area (Å²) in [5, 5.41) is 1.15. The molecule has 0 saturated heterocycles. The molecule has 0 spiro atoms. The topological polar surface area (TPSA) is 3.24 Å². The molecule has 1 nitrogen and oxygen atoms in total. The first-order valence-corrected chi connectivity index (χ1v) is 8.97. The Labute approximate surface area is 124 Å². The number of hydrogen-bond acceptors (Lipinski definition) is 1. The van der Waals surface area contributed by atoms with Crippen LogP contribution >= 0.6 is 15.9 Å². The van der Waals surface area contributed by atoms with Crippen LogP contribution in [-0.2, 0) is 0 Å². The van der Waals surface area contributed by atoms with E-state index in [-0.39, 0.29) is 0 Å². The number of hydrogen-bond donors (Lipinski definition) is 0. The molecule has 0 aromatic heterocycles. The quantitative estimate of drug-likeness (QED) is 0.465. The first-order chi connectivity index (χ1) is 8.57. The standard InChI is InChI=1S/C16H34BrN/c1-6-10-16(13-17,11-7-2)14-18(9-4)12-15(5)8-3/h15H,6-14H2,1-5H3. The van der Waals surface area contributed by atoms with Crippen molar-refractivity contribution in [2.45, 2.75) is 66.7 Å². The summed E-state index contributed by atoms with van der Waals surface area (Å²) >= 11 is 3.79. The Kier molecular flexibility index (Phi) is 10.5. The van der Waals surface area contributed by atoms with Crippen LogP contribution in [0.4, 0.5) is 0 Å². The van der Waals surface area contributed by atoms with Gasteiger partial charge in [0.15, 0.2) is 0 Å². The van der Waals surface area contributed by atoms with Gasteiger partial charge in [0, 0.05) is 18.4 Å². The molecule has 0 aliphatic carbocycles. The van der Waals surface area contributed by atoms with E-state index in [1.165, 1.54) is 51.7 Å². The average Bonchev–Trinajstić information content (AvgIpc) is 2.38. The Bertz CT molecular complexity index is 188. The van der Waals surface area contributed by atoms with Crippen molar-refractivity contribution in [3.8, 4) is 0 Å². The van der Waals surface area contributed by atoms with E-state index in [4.69, 9.17) is 0 Å². The fraction of sp³-hybridized carbons (Fsp3) is 1.00. The number of nitrogens with zero attached hydrogens (tertiary/aromatic N) is 1. The van der Waals surface area contributed by atoms with Crippen molar-refractivity contribution in [2.75, 3.05) is 25.0 Å². The molecule has 0 N–H and O–H groups in total. The summed E-state index contributed by atoms with van der Waals surface area (Å²) in [6.07, 6.45) is 6.59. The summed E-state index contributed by atoms with van der Waals surface area (Å²) in [6.45, 7) is 15.3. The van der Waals surface area contributed by atoms with Crippen LogP contribution in [0.2, 0.25) is 0 Å². The molecule has 110 valence electrons. The van der Waals surface area contributed by atoms with Crippen LogP contribution in [0.25, 0.3) is 0 Å². The van der Waals surface area contributed by atoms with Crippen molar-refractivity contribution < 1.29 is 0 Å². The summed E-state index contributed by atoms with van der Waals surface area (Å²) in [5.41, 5.74) is 0.493. The van der Waals surface area contributed by atoms with E-state index in [9.17, 15) is 0 Å². The fourth-order valence-electron chi connectivity index (χ4n) is 2.87. The SMILES string of the molecule is CCCC(CBr)(CCC)CN(CC)CC(C)CC. The van der Waals surface area contributed by atoms with E-state index in [0.29, 0.717) is 5.41 Å². The lowest BCUT2D eigenvalue weighted by molar-refractivity contribution is 0.137. The summed E-state index contributed by atoms with van der Waals surface area (Å²) in [5.74, 6) is 0.821. The maximum Gasteiger partial charge on any atom is 0.0100 e. The highest BCUT2D eigenvalue weighted by Crippen LogP contribution is 2.33. The van der Waals surface area contributed by atoms with E-state index >= 15 is 0 Å². The zero-order valence-electron chi connectivity index (χ0n) is 13.3. The molecular weight excluding hydrogens is 286 g/mol. The fourth-order valence-corrected chi connectivity index (χ4v) is 3.61. The van der Waals surface area contributed by atoms with Gasteiger partial charge >= 0.3 is 0 Å². The van der Waals surface area contributed by atoms with E-state index in [1.807, 2.05) is 0 Å². The van der Waals surface area contributed by atoms with Gasteiger partial charge in [-0.3, -0.25) is 0 Å². The molecule has 0 bridgehead atoms. The summed E-state index contributed by atoms with van der Waals surface area (Å²) in [7, 11) is 0. The highest BCUT2D eigenvalue weighted by Gasteiger charge is 2.29. The zero-order valence-corrected chi connectivity index (χ0v) is 14.9. The maximum absolute atomic E-state index is 3.79. The predicted octanol–water partition coefficient (Wildman–Crippen LogP) is 5.34. The Balaban J connectivity index is 4.58. The van der Waals surface area contributed by atoms with Gasteiger partial charge in [0.25, 0.3) is 0 Å². The molecule has 1 unspecified atom stereocenters. The molecule has 0 fully saturated rings. The Hall–Kier alpha value is 0.440. The molecule has 0 heterocycles. The summed E-state index contributed by atoms with van der Waals surface area (Å²) in [6, 6.07) is 0. The molecule has 0 aliphatic rings. The molecule has 1 atom stereocenters. The second-order valence-electron chi connectivity index (χ2n) is 5.97. The van der Waals surface area contributed by atoms with E-state index in [1.54, 1.807) is 0 Å². The lowest BCUT2D eigenvalue weighted by Gasteiger charge is -2.38. The van der Waals surface area contributed by atoms with Gasteiger partial charge in [-0.15, -0.1) is 0 Å². The first-order valence-electron chi connectivity index (χ1n) is 7.85. The minimum Gasteiger partial charge on any atom is -0.303 e. The van der Waals surface area contributed by atoms with Gasteiger partial charge in [0.2, 0.25) is 0 Å². The average molecular weight is 320 g/mol. The van der Waals surface area contributed by atoms with Crippen LogP contribution in [0, 0.1) is 11.3 Å². The van der Waals surface area contributed by atoms with Gasteiger partial charge in [-0.2, -0.15) is 0 Å². The third kappa shape index (κ3) is 6.56. The maximum atomic E-state index is 3.79. The third-order valence-corrected chi connectivity index (χ3v) is 5.31. The van der Waals surface area contributed by atoms with Gasteiger partial charge < -0.3 is 4.90 Å². The molecule has 0 aromatic rings. The van der Waals surface area contributed by atoms with Crippen LogP contribution in [-0.4, -0.2) is 29.9 Å². The number of halogens is 1. The molecule has 2 heteroatoms. The van der Waals surface area contributed by atoms with Crippen LogP contribution in [0.1, 0.15) is 66.7 Å². The lowest BCUT2D eigenvalue weighted by atomic mass is 9.80. The smallest absolute Gasteiger partial charge is 0.0100 e. The van der Waals surface area contributed by atoms with Crippen molar-refractivity contribution in [1.82, 2.24) is 4.90 Å². The first kappa shape index (κ1) is 18.4. The lowest BCUT2D eigenvalue weighted by Crippen LogP contribution is -2.41. The molecule has 0 amide bonds. The highest BCUT2D eigenvalue weighted by molar-refractivity contribution is 9.09.